The number of thioether (sulfide) groups is 1. The number of aromatic nitrogens is 2. The number of para-hydroxylation sites is 2. The first-order chi connectivity index (χ1) is 16.0. The maximum Gasteiger partial charge on any atom is 0.317 e. The number of hydrazone groups is 1. The topological polar surface area (TPSA) is 90.6 Å². The van der Waals surface area contributed by atoms with Crippen molar-refractivity contribution in [1.29, 1.82) is 0 Å². The Kier molecular flexibility index (Phi) is 7.16. The van der Waals surface area contributed by atoms with Gasteiger partial charge in [0.2, 0.25) is 0 Å². The van der Waals surface area contributed by atoms with Crippen molar-refractivity contribution >= 4 is 46.5 Å². The summed E-state index contributed by atoms with van der Waals surface area (Å²) < 4.78 is 7.21. The zero-order valence-electron chi connectivity index (χ0n) is 17.8. The lowest BCUT2D eigenvalue weighted by Crippen LogP contribution is -2.36. The van der Waals surface area contributed by atoms with Gasteiger partial charge in [0.25, 0.3) is 5.91 Å². The molecule has 0 unspecified atom stereocenters. The van der Waals surface area contributed by atoms with Crippen LogP contribution in [0.25, 0.3) is 11.0 Å². The van der Waals surface area contributed by atoms with E-state index in [9.17, 15) is 9.90 Å². The number of carbonyl (C=O) groups excluding carboxylic acids is 1. The molecule has 0 aliphatic rings. The highest BCUT2D eigenvalue weighted by atomic mass is 35.5. The van der Waals surface area contributed by atoms with E-state index >= 15 is 0 Å². The summed E-state index contributed by atoms with van der Waals surface area (Å²) in [4.78, 5) is 15.8. The van der Waals surface area contributed by atoms with E-state index in [0.29, 0.717) is 22.9 Å². The van der Waals surface area contributed by atoms with Gasteiger partial charge in [-0.05, 0) is 65.4 Å². The van der Waals surface area contributed by atoms with Gasteiger partial charge >= 0.3 is 5.16 Å². The van der Waals surface area contributed by atoms with Gasteiger partial charge in [-0.15, -0.1) is 0 Å². The molecule has 3 aromatic carbocycles. The lowest BCUT2D eigenvalue weighted by atomic mass is 10.2. The Hall–Kier alpha value is -3.49. The molecule has 3 N–H and O–H groups in total. The number of fused-ring (bicyclic) bond motifs is 1. The molecule has 0 saturated heterocycles. The number of phenols is 1. The van der Waals surface area contributed by atoms with Crippen LogP contribution in [0.5, 0.6) is 11.5 Å². The minimum Gasteiger partial charge on any atom is -0.504 e. The highest BCUT2D eigenvalue weighted by molar-refractivity contribution is 7.99. The summed E-state index contributed by atoms with van der Waals surface area (Å²) >= 11 is 7.42. The molecule has 1 heterocycles. The smallest absolute Gasteiger partial charge is 0.317 e. The second-order valence-corrected chi connectivity index (χ2v) is 8.57. The van der Waals surface area contributed by atoms with Crippen LogP contribution in [0, 0.1) is 0 Å². The fraction of sp³-hybridized carbons (Fsp3) is 0.125. The highest BCUT2D eigenvalue weighted by Gasteiger charge is 2.20. The number of carbonyl (C=O) groups is 1. The lowest BCUT2D eigenvalue weighted by molar-refractivity contribution is -0.700. The summed E-state index contributed by atoms with van der Waals surface area (Å²) in [6.07, 6.45) is 1.49. The first-order valence-electron chi connectivity index (χ1n) is 10.1. The second kappa shape index (κ2) is 10.4. The van der Waals surface area contributed by atoms with Gasteiger partial charge in [-0.25, -0.2) is 15.0 Å². The van der Waals surface area contributed by atoms with Gasteiger partial charge in [-0.1, -0.05) is 35.9 Å². The number of H-pyrrole nitrogens is 1. The number of methoxy groups -OCH3 is 1. The zero-order chi connectivity index (χ0) is 23.2. The van der Waals surface area contributed by atoms with Crippen molar-refractivity contribution in [3.63, 3.8) is 0 Å². The molecule has 168 valence electrons. The molecule has 4 aromatic rings. The van der Waals surface area contributed by atoms with Gasteiger partial charge in [0.15, 0.2) is 22.5 Å². The summed E-state index contributed by atoms with van der Waals surface area (Å²) in [5, 5.41) is 15.2. The molecule has 0 saturated carbocycles. The van der Waals surface area contributed by atoms with E-state index in [4.69, 9.17) is 16.3 Å². The van der Waals surface area contributed by atoms with E-state index in [1.807, 2.05) is 48.5 Å². The van der Waals surface area contributed by atoms with Crippen LogP contribution in [0.4, 0.5) is 0 Å². The summed E-state index contributed by atoms with van der Waals surface area (Å²) in [5.74, 6) is 0.327. The number of hydrogen-bond donors (Lipinski definition) is 3. The number of benzene rings is 3. The summed E-state index contributed by atoms with van der Waals surface area (Å²) in [7, 11) is 1.47. The molecule has 33 heavy (non-hydrogen) atoms. The van der Waals surface area contributed by atoms with E-state index in [2.05, 4.69) is 20.1 Å². The van der Waals surface area contributed by atoms with E-state index in [0.717, 1.165) is 21.8 Å². The third-order valence-electron chi connectivity index (χ3n) is 4.88. The Morgan fingerprint density at radius 1 is 1.21 bits per heavy atom. The molecule has 0 radical (unpaired) electrons. The van der Waals surface area contributed by atoms with Gasteiger partial charge in [-0.3, -0.25) is 4.79 Å². The first-order valence-corrected chi connectivity index (χ1v) is 11.5. The Balaban J connectivity index is 1.43. The number of rotatable bonds is 8. The molecule has 0 bridgehead atoms. The molecule has 1 aromatic heterocycles. The number of imidazole rings is 1. The zero-order valence-corrected chi connectivity index (χ0v) is 19.4. The van der Waals surface area contributed by atoms with Crippen molar-refractivity contribution < 1.29 is 19.2 Å². The molecular formula is C24H22ClN4O3S+. The number of aromatic amines is 1. The molecule has 0 fully saturated rings. The van der Waals surface area contributed by atoms with E-state index in [1.165, 1.54) is 31.2 Å². The van der Waals surface area contributed by atoms with Crippen molar-refractivity contribution in [2.24, 2.45) is 5.10 Å². The van der Waals surface area contributed by atoms with Gasteiger partial charge in [-0.2, -0.15) is 5.10 Å². The van der Waals surface area contributed by atoms with Gasteiger partial charge < -0.3 is 9.84 Å². The Bertz CT molecular complexity index is 1310. The standard InChI is InChI=1S/C24H21ClN4O3S/c1-32-22-12-17(8-11-21(22)30)13-26-28-23(31)15-33-24-27-19-4-2-3-5-20(19)29(24)14-16-6-9-18(25)10-7-16/h2-13H,14-15H2,1H3,(H2,26,28,30,31)/p+1. The molecule has 0 spiro atoms. The molecule has 0 atom stereocenters. The normalized spacial score (nSPS) is 11.2. The molecule has 7 nitrogen and oxygen atoms in total. The minimum atomic E-state index is -0.237. The fourth-order valence-electron chi connectivity index (χ4n) is 3.27. The summed E-state index contributed by atoms with van der Waals surface area (Å²) in [6.45, 7) is 0.645. The summed E-state index contributed by atoms with van der Waals surface area (Å²) in [6, 6.07) is 20.5. The van der Waals surface area contributed by atoms with Crippen molar-refractivity contribution in [3.8, 4) is 11.5 Å². The number of amides is 1. The molecule has 9 heteroatoms. The number of nitrogens with zero attached hydrogens (tertiary/aromatic N) is 2. The number of nitrogens with one attached hydrogen (secondary N) is 2. The molecule has 4 rings (SSSR count). The Morgan fingerprint density at radius 2 is 2.00 bits per heavy atom. The highest BCUT2D eigenvalue weighted by Crippen LogP contribution is 2.25. The lowest BCUT2D eigenvalue weighted by Gasteiger charge is -2.04. The van der Waals surface area contributed by atoms with Crippen LogP contribution < -0.4 is 14.7 Å². The second-order valence-electron chi connectivity index (χ2n) is 7.17. The Labute approximate surface area is 200 Å². The first kappa shape index (κ1) is 22.7. The third-order valence-corrected chi connectivity index (χ3v) is 6.14. The van der Waals surface area contributed by atoms with Crippen LogP contribution >= 0.6 is 23.4 Å². The van der Waals surface area contributed by atoms with E-state index < -0.39 is 0 Å². The molecular weight excluding hydrogens is 460 g/mol. The number of phenolic OH excluding ortho intramolecular Hbond substituents is 1. The van der Waals surface area contributed by atoms with Crippen LogP contribution in [0.1, 0.15) is 11.1 Å². The van der Waals surface area contributed by atoms with Crippen LogP contribution in [-0.2, 0) is 11.3 Å². The average Bonchev–Trinajstić information content (AvgIpc) is 3.17. The number of hydrogen-bond acceptors (Lipinski definition) is 5. The maximum atomic E-state index is 12.4. The SMILES string of the molecule is COc1cc(C=NNC(=O)CSc2[nH]c3ccccc3[n+]2Cc2ccc(Cl)cc2)ccc1O. The monoisotopic (exact) mass is 481 g/mol. The van der Waals surface area contributed by atoms with Crippen LogP contribution in [0.3, 0.4) is 0 Å². The molecule has 0 aliphatic carbocycles. The fourth-order valence-corrected chi connectivity index (χ4v) is 4.23. The van der Waals surface area contributed by atoms with Crippen molar-refractivity contribution in [2.45, 2.75) is 11.7 Å². The third kappa shape index (κ3) is 5.66. The largest absolute Gasteiger partial charge is 0.504 e. The number of ether oxygens (including phenoxy) is 1. The van der Waals surface area contributed by atoms with Crippen LogP contribution in [0.2, 0.25) is 5.02 Å². The quantitative estimate of drug-likeness (QED) is 0.153. The Morgan fingerprint density at radius 3 is 2.79 bits per heavy atom. The molecule has 1 amide bonds. The molecule has 0 aliphatic heterocycles. The van der Waals surface area contributed by atoms with Gasteiger partial charge in [0.05, 0.1) is 19.1 Å². The minimum absolute atomic E-state index is 0.0420. The van der Waals surface area contributed by atoms with Crippen molar-refractivity contribution in [2.75, 3.05) is 12.9 Å². The predicted molar refractivity (Wildman–Crippen MR) is 130 cm³/mol. The van der Waals surface area contributed by atoms with Gasteiger partial charge in [0, 0.05) is 5.02 Å². The summed E-state index contributed by atoms with van der Waals surface area (Å²) in [5.41, 5.74) is 6.37. The number of aromatic hydroxyl groups is 1. The van der Waals surface area contributed by atoms with Crippen molar-refractivity contribution in [3.05, 3.63) is 82.9 Å². The van der Waals surface area contributed by atoms with E-state index in [1.54, 1.807) is 12.1 Å². The van der Waals surface area contributed by atoms with E-state index in [-0.39, 0.29) is 17.4 Å². The van der Waals surface area contributed by atoms with Gasteiger partial charge in [0.1, 0.15) is 6.54 Å². The van der Waals surface area contributed by atoms with Crippen molar-refractivity contribution in [1.82, 2.24) is 10.4 Å². The predicted octanol–water partition coefficient (Wildman–Crippen LogP) is 4.11. The van der Waals surface area contributed by atoms with Crippen LogP contribution in [-0.4, -0.2) is 35.1 Å². The average molecular weight is 482 g/mol. The van der Waals surface area contributed by atoms with Crippen LogP contribution in [0.15, 0.2) is 77.0 Å². The maximum absolute atomic E-state index is 12.4. The number of halogens is 1.